The van der Waals surface area contributed by atoms with Crippen molar-refractivity contribution in [2.45, 2.75) is 101 Å². The molecule has 7 aliphatic rings. The standard InChI is InChI=1S/C44H55N5O5/c1-29-38(26-48-17-15-44(16-18-48)41(51)46-28-49(44)37-5-3-2-4-6-37)53-40(54-39(29)35-11-9-31(27-50)10-12-35)36-13-7-30(8-14-36)25-45-42(52)47-43-22-32-19-33(23-43)21-34(20-32)24-43/h2-14,29,32-34,38-40,50H,15-28H2,1H3,(H,46,51)(H2,45,47,52)/t29-,32?,33?,34?,38+,39+,40+,43?/m0/s1. The molecule has 3 aliphatic heterocycles. The fourth-order valence-electron chi connectivity index (χ4n) is 11.2. The first kappa shape index (κ1) is 35.7. The molecule has 0 unspecified atom stereocenters. The topological polar surface area (TPSA) is 115 Å². The molecule has 3 aromatic carbocycles. The van der Waals surface area contributed by atoms with Crippen molar-refractivity contribution < 1.29 is 24.2 Å². The Morgan fingerprint density at radius 3 is 2.13 bits per heavy atom. The highest BCUT2D eigenvalue weighted by atomic mass is 16.7. The first-order valence-corrected chi connectivity index (χ1v) is 20.3. The molecule has 10 rings (SSSR count). The number of benzene rings is 3. The predicted molar refractivity (Wildman–Crippen MR) is 206 cm³/mol. The Labute approximate surface area is 319 Å². The quantitative estimate of drug-likeness (QED) is 0.208. The van der Waals surface area contributed by atoms with Gasteiger partial charge in [0.15, 0.2) is 6.29 Å². The summed E-state index contributed by atoms with van der Waals surface area (Å²) in [6.07, 6.45) is 8.07. The number of carbonyl (C=O) groups excluding carboxylic acids is 2. The summed E-state index contributed by atoms with van der Waals surface area (Å²) in [5.74, 6) is 2.54. The summed E-state index contributed by atoms with van der Waals surface area (Å²) in [6, 6.07) is 26.4. The molecule has 1 spiro atoms. The van der Waals surface area contributed by atoms with E-state index in [0.29, 0.717) is 13.2 Å². The zero-order valence-corrected chi connectivity index (χ0v) is 31.4. The molecule has 4 bridgehead atoms. The van der Waals surface area contributed by atoms with Gasteiger partial charge in [-0.1, -0.05) is 73.7 Å². The number of anilines is 1. The van der Waals surface area contributed by atoms with Crippen LogP contribution >= 0.6 is 0 Å². The number of likely N-dealkylation sites (tertiary alicyclic amines) is 1. The van der Waals surface area contributed by atoms with Gasteiger partial charge in [-0.05, 0) is 97.9 Å². The summed E-state index contributed by atoms with van der Waals surface area (Å²) in [5.41, 5.74) is 4.41. The van der Waals surface area contributed by atoms with E-state index in [1.54, 1.807) is 0 Å². The van der Waals surface area contributed by atoms with Crippen LogP contribution in [0.5, 0.6) is 0 Å². The molecule has 54 heavy (non-hydrogen) atoms. The zero-order valence-electron chi connectivity index (χ0n) is 31.4. The number of aliphatic hydroxyl groups is 1. The number of aliphatic hydroxyl groups excluding tert-OH is 1. The highest BCUT2D eigenvalue weighted by molar-refractivity contribution is 5.93. The van der Waals surface area contributed by atoms with Gasteiger partial charge in [0.1, 0.15) is 5.54 Å². The molecule has 4 saturated carbocycles. The molecular weight excluding hydrogens is 679 g/mol. The lowest BCUT2D eigenvalue weighted by Crippen LogP contribution is -2.61. The highest BCUT2D eigenvalue weighted by Gasteiger charge is 2.52. The van der Waals surface area contributed by atoms with Gasteiger partial charge in [-0.25, -0.2) is 4.79 Å². The van der Waals surface area contributed by atoms with E-state index in [4.69, 9.17) is 9.47 Å². The Hall–Kier alpha value is -3.96. The average molecular weight is 734 g/mol. The zero-order chi connectivity index (χ0) is 36.9. The van der Waals surface area contributed by atoms with Crippen molar-refractivity contribution in [1.29, 1.82) is 0 Å². The summed E-state index contributed by atoms with van der Waals surface area (Å²) in [7, 11) is 0. The molecule has 4 atom stereocenters. The molecule has 3 heterocycles. The molecule has 3 saturated heterocycles. The second kappa shape index (κ2) is 14.6. The van der Waals surface area contributed by atoms with Crippen molar-refractivity contribution in [3.63, 3.8) is 0 Å². The molecule has 3 amide bonds. The molecule has 286 valence electrons. The number of ether oxygens (including phenoxy) is 2. The summed E-state index contributed by atoms with van der Waals surface area (Å²) in [5, 5.41) is 19.4. The van der Waals surface area contributed by atoms with Gasteiger partial charge < -0.3 is 40.3 Å². The van der Waals surface area contributed by atoms with Crippen LogP contribution in [0.25, 0.3) is 0 Å². The summed E-state index contributed by atoms with van der Waals surface area (Å²) in [6.45, 7) is 5.51. The van der Waals surface area contributed by atoms with E-state index in [-0.39, 0.29) is 42.2 Å². The summed E-state index contributed by atoms with van der Waals surface area (Å²) < 4.78 is 13.6. The van der Waals surface area contributed by atoms with Crippen LogP contribution < -0.4 is 20.9 Å². The van der Waals surface area contributed by atoms with Gasteiger partial charge in [-0.2, -0.15) is 0 Å². The van der Waals surface area contributed by atoms with Crippen molar-refractivity contribution in [1.82, 2.24) is 20.9 Å². The molecular formula is C44H55N5O5. The third kappa shape index (κ3) is 6.91. The average Bonchev–Trinajstić information content (AvgIpc) is 3.49. The number of para-hydroxylation sites is 1. The molecule has 4 N–H and O–H groups in total. The Morgan fingerprint density at radius 2 is 1.48 bits per heavy atom. The second-order valence-electron chi connectivity index (χ2n) is 17.3. The molecule has 7 fully saturated rings. The van der Waals surface area contributed by atoms with E-state index in [1.807, 2.05) is 30.3 Å². The fraction of sp³-hybridized carbons (Fsp3) is 0.545. The van der Waals surface area contributed by atoms with Gasteiger partial charge in [0, 0.05) is 48.9 Å². The smallest absolute Gasteiger partial charge is 0.315 e. The molecule has 0 radical (unpaired) electrons. The minimum atomic E-state index is -0.569. The largest absolute Gasteiger partial charge is 0.392 e. The molecule has 3 aromatic rings. The normalized spacial score (nSPS) is 32.8. The van der Waals surface area contributed by atoms with Crippen molar-refractivity contribution >= 4 is 17.6 Å². The summed E-state index contributed by atoms with van der Waals surface area (Å²) in [4.78, 5) is 31.1. The van der Waals surface area contributed by atoms with E-state index in [9.17, 15) is 14.7 Å². The SMILES string of the molecule is C[C@H]1[C@@H](CN2CCC3(CC2)C(=O)NCN3c2ccccc2)O[C@@H](c2ccc(CNC(=O)NC34CC5CC(CC(C5)C3)C4)cc2)O[C@H]1c1ccc(CO)cc1. The Balaban J connectivity index is 0.862. The number of amides is 3. The third-order valence-corrected chi connectivity index (χ3v) is 13.8. The number of hydrogen-bond donors (Lipinski definition) is 4. The van der Waals surface area contributed by atoms with Gasteiger partial charge >= 0.3 is 6.03 Å². The van der Waals surface area contributed by atoms with Crippen molar-refractivity contribution in [2.24, 2.45) is 23.7 Å². The van der Waals surface area contributed by atoms with Crippen LogP contribution in [0.15, 0.2) is 78.9 Å². The number of nitrogens with one attached hydrogen (secondary N) is 3. The van der Waals surface area contributed by atoms with Crippen LogP contribution in [0, 0.1) is 23.7 Å². The number of nitrogens with zero attached hydrogens (tertiary/aromatic N) is 2. The maximum atomic E-state index is 13.3. The highest BCUT2D eigenvalue weighted by Crippen LogP contribution is 2.55. The van der Waals surface area contributed by atoms with Crippen LogP contribution in [0.1, 0.15) is 92.9 Å². The monoisotopic (exact) mass is 733 g/mol. The maximum Gasteiger partial charge on any atom is 0.315 e. The Kier molecular flexibility index (Phi) is 9.66. The van der Waals surface area contributed by atoms with Gasteiger partial charge in [0.25, 0.3) is 0 Å². The molecule has 0 aromatic heterocycles. The van der Waals surface area contributed by atoms with Crippen molar-refractivity contribution in [2.75, 3.05) is 31.2 Å². The van der Waals surface area contributed by atoms with Crippen LogP contribution in [0.3, 0.4) is 0 Å². The van der Waals surface area contributed by atoms with Gasteiger partial charge in [0.2, 0.25) is 5.91 Å². The van der Waals surface area contributed by atoms with E-state index >= 15 is 0 Å². The molecule has 10 nitrogen and oxygen atoms in total. The number of rotatable bonds is 9. The third-order valence-electron chi connectivity index (χ3n) is 13.8. The second-order valence-corrected chi connectivity index (χ2v) is 17.3. The number of carbonyl (C=O) groups is 2. The van der Waals surface area contributed by atoms with E-state index in [0.717, 1.165) is 97.4 Å². The lowest BCUT2D eigenvalue weighted by molar-refractivity contribution is -0.276. The van der Waals surface area contributed by atoms with Crippen LogP contribution in [-0.4, -0.2) is 65.4 Å². The lowest BCUT2D eigenvalue weighted by Gasteiger charge is -2.56. The Morgan fingerprint density at radius 1 is 0.852 bits per heavy atom. The lowest BCUT2D eigenvalue weighted by atomic mass is 9.53. The van der Waals surface area contributed by atoms with Gasteiger partial charge in [0.05, 0.1) is 25.5 Å². The maximum absolute atomic E-state index is 13.3. The van der Waals surface area contributed by atoms with E-state index < -0.39 is 11.8 Å². The number of piperidine rings is 1. The van der Waals surface area contributed by atoms with Gasteiger partial charge in [-0.15, -0.1) is 0 Å². The van der Waals surface area contributed by atoms with Crippen molar-refractivity contribution in [3.8, 4) is 0 Å². The number of urea groups is 1. The van der Waals surface area contributed by atoms with E-state index in [2.05, 4.69) is 81.2 Å². The summed E-state index contributed by atoms with van der Waals surface area (Å²) >= 11 is 0. The first-order chi connectivity index (χ1) is 26.3. The molecule has 4 aliphatic carbocycles. The van der Waals surface area contributed by atoms with Crippen LogP contribution in [0.4, 0.5) is 10.5 Å². The fourth-order valence-corrected chi connectivity index (χ4v) is 11.2. The van der Waals surface area contributed by atoms with Crippen molar-refractivity contribution in [3.05, 3.63) is 101 Å². The first-order valence-electron chi connectivity index (χ1n) is 20.3. The minimum absolute atomic E-state index is 0.00295. The van der Waals surface area contributed by atoms with Crippen LogP contribution in [-0.2, 0) is 27.4 Å². The van der Waals surface area contributed by atoms with Gasteiger partial charge in [-0.3, -0.25) is 4.79 Å². The number of hydrogen-bond acceptors (Lipinski definition) is 7. The van der Waals surface area contributed by atoms with Crippen LogP contribution in [0.2, 0.25) is 0 Å². The predicted octanol–water partition coefficient (Wildman–Crippen LogP) is 6.17. The Bertz CT molecular complexity index is 1760. The van der Waals surface area contributed by atoms with E-state index in [1.165, 1.54) is 19.3 Å². The molecule has 10 heteroatoms. The minimum Gasteiger partial charge on any atom is -0.392 e.